The molecule has 32 heavy (non-hydrogen) atoms. The van der Waals surface area contributed by atoms with Gasteiger partial charge in [0.1, 0.15) is 5.82 Å². The second-order valence-electron chi connectivity index (χ2n) is 7.41. The molecule has 5 rings (SSSR count). The maximum absolute atomic E-state index is 13.6. The second-order valence-corrected chi connectivity index (χ2v) is 9.50. The lowest BCUT2D eigenvalue weighted by molar-refractivity contribution is 0.944. The van der Waals surface area contributed by atoms with Crippen LogP contribution in [0.3, 0.4) is 0 Å². The number of fused-ring (bicyclic) bond motifs is 2. The Kier molecular flexibility index (Phi) is 5.57. The summed E-state index contributed by atoms with van der Waals surface area (Å²) in [6.07, 6.45) is 3.83. The molecule has 0 aliphatic carbocycles. The van der Waals surface area contributed by atoms with E-state index in [4.69, 9.17) is 28.2 Å². The van der Waals surface area contributed by atoms with Crippen molar-refractivity contribution in [3.63, 3.8) is 0 Å². The molecule has 0 bridgehead atoms. The first-order chi connectivity index (χ1) is 15.4. The normalized spacial score (nSPS) is 11.8. The highest BCUT2D eigenvalue weighted by atomic mass is 127. The minimum Gasteiger partial charge on any atom is -0.358 e. The molecule has 2 aromatic heterocycles. The number of hydrogen-bond donors (Lipinski definition) is 1. The Morgan fingerprint density at radius 3 is 2.62 bits per heavy atom. The van der Waals surface area contributed by atoms with Gasteiger partial charge in [-0.25, -0.2) is 4.98 Å². The van der Waals surface area contributed by atoms with Crippen LogP contribution >= 0.6 is 45.8 Å². The lowest BCUT2D eigenvalue weighted by Crippen LogP contribution is -2.22. The number of benzene rings is 3. The van der Waals surface area contributed by atoms with Gasteiger partial charge in [0.25, 0.3) is 5.56 Å². The van der Waals surface area contributed by atoms with Gasteiger partial charge in [-0.2, -0.15) is 0 Å². The molecule has 0 aliphatic rings. The average Bonchev–Trinajstić information content (AvgIpc) is 3.08. The number of rotatable bonds is 3. The van der Waals surface area contributed by atoms with Crippen molar-refractivity contribution in [1.82, 2.24) is 14.5 Å². The fourth-order valence-corrected chi connectivity index (χ4v) is 4.84. The summed E-state index contributed by atoms with van der Waals surface area (Å²) < 4.78 is 2.50. The first-order valence-electron chi connectivity index (χ1n) is 9.85. The van der Waals surface area contributed by atoms with Crippen molar-refractivity contribution in [2.75, 3.05) is 0 Å². The van der Waals surface area contributed by atoms with E-state index in [9.17, 15) is 4.79 Å². The summed E-state index contributed by atoms with van der Waals surface area (Å²) in [5.41, 5.74) is 4.12. The lowest BCUT2D eigenvalue weighted by Gasteiger charge is -2.13. The summed E-state index contributed by atoms with van der Waals surface area (Å²) in [4.78, 5) is 21.8. The molecule has 7 heteroatoms. The maximum atomic E-state index is 13.6. The minimum absolute atomic E-state index is 0.187. The molecule has 0 atom stereocenters. The molecular formula is C25H16Cl2IN3O. The number of H-pyrrole nitrogens is 1. The van der Waals surface area contributed by atoms with E-state index in [0.717, 1.165) is 25.7 Å². The summed E-state index contributed by atoms with van der Waals surface area (Å²) in [5.74, 6) is 0.484. The van der Waals surface area contributed by atoms with Gasteiger partial charge < -0.3 is 4.98 Å². The Bertz CT molecular complexity index is 1600. The number of aromatic nitrogens is 3. The van der Waals surface area contributed by atoms with E-state index in [1.54, 1.807) is 18.2 Å². The monoisotopic (exact) mass is 571 g/mol. The molecule has 0 saturated carbocycles. The zero-order valence-corrected chi connectivity index (χ0v) is 20.5. The molecule has 158 valence electrons. The Morgan fingerprint density at radius 2 is 1.81 bits per heavy atom. The molecule has 4 nitrogen and oxygen atoms in total. The molecule has 0 fully saturated rings. The van der Waals surface area contributed by atoms with Gasteiger partial charge in [0, 0.05) is 30.8 Å². The zero-order valence-electron chi connectivity index (χ0n) is 16.9. The molecule has 3 aromatic carbocycles. The summed E-state index contributed by atoms with van der Waals surface area (Å²) >= 11 is 14.8. The number of hydrogen-bond acceptors (Lipinski definition) is 2. The van der Waals surface area contributed by atoms with E-state index >= 15 is 0 Å². The third-order valence-corrected chi connectivity index (χ3v) is 6.56. The number of aryl methyl sites for hydroxylation is 1. The van der Waals surface area contributed by atoms with E-state index in [1.165, 1.54) is 4.57 Å². The van der Waals surface area contributed by atoms with Crippen LogP contribution in [0.15, 0.2) is 65.5 Å². The van der Waals surface area contributed by atoms with E-state index < -0.39 is 0 Å². The molecule has 0 amide bonds. The molecular weight excluding hydrogens is 556 g/mol. The van der Waals surface area contributed by atoms with Crippen molar-refractivity contribution >= 4 is 79.8 Å². The van der Waals surface area contributed by atoms with Crippen LogP contribution in [0, 0.1) is 10.5 Å². The third kappa shape index (κ3) is 3.74. The smallest absolute Gasteiger partial charge is 0.266 e. The average molecular weight is 572 g/mol. The third-order valence-electron chi connectivity index (χ3n) is 5.35. The van der Waals surface area contributed by atoms with Crippen molar-refractivity contribution in [2.45, 2.75) is 6.92 Å². The van der Waals surface area contributed by atoms with Gasteiger partial charge in [0.05, 0.1) is 21.6 Å². The van der Waals surface area contributed by atoms with Crippen LogP contribution in [0.2, 0.25) is 10.0 Å². The van der Waals surface area contributed by atoms with Crippen LogP contribution in [0.4, 0.5) is 0 Å². The quantitative estimate of drug-likeness (QED) is 0.232. The van der Waals surface area contributed by atoms with Gasteiger partial charge >= 0.3 is 0 Å². The van der Waals surface area contributed by atoms with Crippen molar-refractivity contribution in [3.05, 3.63) is 102 Å². The summed E-state index contributed by atoms with van der Waals surface area (Å²) in [6, 6.07) is 18.8. The van der Waals surface area contributed by atoms with Crippen LogP contribution in [0.25, 0.3) is 39.6 Å². The van der Waals surface area contributed by atoms with Crippen molar-refractivity contribution in [2.24, 2.45) is 0 Å². The molecule has 2 heterocycles. The summed E-state index contributed by atoms with van der Waals surface area (Å²) in [6.45, 7) is 2.03. The van der Waals surface area contributed by atoms with E-state index in [-0.39, 0.29) is 5.56 Å². The molecule has 0 unspecified atom stereocenters. The van der Waals surface area contributed by atoms with Crippen LogP contribution in [0.5, 0.6) is 0 Å². The van der Waals surface area contributed by atoms with E-state index in [1.807, 2.05) is 55.5 Å². The van der Waals surface area contributed by atoms with Gasteiger partial charge in [-0.15, -0.1) is 0 Å². The number of halogens is 3. The molecule has 0 saturated heterocycles. The van der Waals surface area contributed by atoms with E-state index in [0.29, 0.717) is 32.5 Å². The van der Waals surface area contributed by atoms with Gasteiger partial charge in [-0.05, 0) is 84.1 Å². The summed E-state index contributed by atoms with van der Waals surface area (Å²) in [5, 5.41) is 2.52. The van der Waals surface area contributed by atoms with Gasteiger partial charge in [0.2, 0.25) is 0 Å². The van der Waals surface area contributed by atoms with E-state index in [2.05, 4.69) is 33.6 Å². The van der Waals surface area contributed by atoms with Gasteiger partial charge in [0.15, 0.2) is 0 Å². The Hall–Kier alpha value is -2.61. The number of para-hydroxylation sites is 1. The highest BCUT2D eigenvalue weighted by Gasteiger charge is 2.15. The minimum atomic E-state index is -0.187. The molecule has 1 N–H and O–H groups in total. The molecule has 0 spiro atoms. The Morgan fingerprint density at radius 1 is 1.00 bits per heavy atom. The standard InChI is InChI=1S/C25H16Cl2IN3O/c1-14-17(18-4-2-3-5-21(18)29-14)8-11-24-30-22-9-7-16(28)13-19(22)25(32)31(24)23-10-6-15(26)12-20(23)27/h2-13,29H,1H3. The second kappa shape index (κ2) is 8.39. The van der Waals surface area contributed by atoms with Crippen LogP contribution < -0.4 is 5.56 Å². The maximum Gasteiger partial charge on any atom is 0.266 e. The Balaban J connectivity index is 1.78. The fraction of sp³-hybridized carbons (Fsp3) is 0.0400. The highest BCUT2D eigenvalue weighted by molar-refractivity contribution is 14.1. The molecule has 0 radical (unpaired) electrons. The lowest BCUT2D eigenvalue weighted by atomic mass is 10.1. The van der Waals surface area contributed by atoms with Crippen LogP contribution in [0.1, 0.15) is 17.1 Å². The Labute approximate surface area is 207 Å². The van der Waals surface area contributed by atoms with Crippen molar-refractivity contribution < 1.29 is 0 Å². The topological polar surface area (TPSA) is 50.7 Å². The fourth-order valence-electron chi connectivity index (χ4n) is 3.85. The predicted octanol–water partition coefficient (Wildman–Crippen LogP) is 7.26. The first kappa shape index (κ1) is 21.2. The highest BCUT2D eigenvalue weighted by Crippen LogP contribution is 2.27. The predicted molar refractivity (Wildman–Crippen MR) is 142 cm³/mol. The largest absolute Gasteiger partial charge is 0.358 e. The zero-order chi connectivity index (χ0) is 22.4. The van der Waals surface area contributed by atoms with Gasteiger partial charge in [-0.3, -0.25) is 9.36 Å². The number of nitrogens with one attached hydrogen (secondary N) is 1. The summed E-state index contributed by atoms with van der Waals surface area (Å²) in [7, 11) is 0. The van der Waals surface area contributed by atoms with Gasteiger partial charge in [-0.1, -0.05) is 41.4 Å². The molecule has 0 aliphatic heterocycles. The number of nitrogens with zero attached hydrogens (tertiary/aromatic N) is 2. The van der Waals surface area contributed by atoms with Crippen LogP contribution in [-0.2, 0) is 0 Å². The molecule has 5 aromatic rings. The number of aromatic amines is 1. The van der Waals surface area contributed by atoms with Crippen molar-refractivity contribution in [3.8, 4) is 5.69 Å². The van der Waals surface area contributed by atoms with Crippen molar-refractivity contribution in [1.29, 1.82) is 0 Å². The SMILES string of the molecule is Cc1[nH]c2ccccc2c1C=Cc1nc2ccc(I)cc2c(=O)n1-c1ccc(Cl)cc1Cl. The first-order valence-corrected chi connectivity index (χ1v) is 11.7. The van der Waals surface area contributed by atoms with Crippen LogP contribution in [-0.4, -0.2) is 14.5 Å².